The van der Waals surface area contributed by atoms with Crippen molar-refractivity contribution >= 4 is 0 Å². The van der Waals surface area contributed by atoms with Crippen molar-refractivity contribution in [2.45, 2.75) is 39.5 Å². The average Bonchev–Trinajstić information content (AvgIpc) is 2.38. The van der Waals surface area contributed by atoms with Crippen molar-refractivity contribution in [2.75, 3.05) is 39.8 Å². The fraction of sp³-hybridized carbons (Fsp3) is 1.00. The summed E-state index contributed by atoms with van der Waals surface area (Å²) in [6.45, 7) is 9.21. The highest BCUT2D eigenvalue weighted by atomic mass is 16.3. The molecule has 0 spiro atoms. The van der Waals surface area contributed by atoms with Crippen LogP contribution < -0.4 is 5.32 Å². The lowest BCUT2D eigenvalue weighted by molar-refractivity contribution is 0.110. The third-order valence-electron chi connectivity index (χ3n) is 4.61. The quantitative estimate of drug-likeness (QED) is 0.713. The summed E-state index contributed by atoms with van der Waals surface area (Å²) in [5.41, 5.74) is 0.103. The van der Waals surface area contributed by atoms with Gasteiger partial charge in [0, 0.05) is 18.6 Å². The fourth-order valence-electron chi connectivity index (χ4n) is 2.59. The molecule has 1 fully saturated rings. The predicted octanol–water partition coefficient (Wildman–Crippen LogP) is 1.72. The lowest BCUT2D eigenvalue weighted by Crippen LogP contribution is -2.40. The summed E-state index contributed by atoms with van der Waals surface area (Å²) in [6, 6.07) is 0. The Labute approximate surface area is 107 Å². The molecule has 0 unspecified atom stereocenters. The number of aliphatic hydroxyl groups excluding tert-OH is 1. The molecule has 0 saturated carbocycles. The molecule has 0 radical (unpaired) electrons. The predicted molar refractivity (Wildman–Crippen MR) is 73.2 cm³/mol. The van der Waals surface area contributed by atoms with Crippen LogP contribution in [0, 0.1) is 11.3 Å². The van der Waals surface area contributed by atoms with Crippen molar-refractivity contribution in [3.63, 3.8) is 0 Å². The van der Waals surface area contributed by atoms with E-state index in [1.807, 2.05) is 0 Å². The number of hydrogen-bond acceptors (Lipinski definition) is 3. The smallest absolute Gasteiger partial charge is 0.0499 e. The largest absolute Gasteiger partial charge is 0.396 e. The second-order valence-electron chi connectivity index (χ2n) is 5.74. The van der Waals surface area contributed by atoms with Crippen LogP contribution in [0.5, 0.6) is 0 Å². The molecule has 0 atom stereocenters. The highest BCUT2D eigenvalue weighted by molar-refractivity contribution is 4.79. The summed E-state index contributed by atoms with van der Waals surface area (Å²) in [4.78, 5) is 2.41. The third-order valence-corrected chi connectivity index (χ3v) is 4.61. The first kappa shape index (κ1) is 14.9. The van der Waals surface area contributed by atoms with E-state index in [1.54, 1.807) is 0 Å². The maximum Gasteiger partial charge on any atom is 0.0499 e. The van der Waals surface area contributed by atoms with Gasteiger partial charge in [0.1, 0.15) is 0 Å². The van der Waals surface area contributed by atoms with E-state index in [0.29, 0.717) is 6.61 Å². The van der Waals surface area contributed by atoms with Gasteiger partial charge in [-0.1, -0.05) is 13.8 Å². The number of aliphatic hydroxyl groups is 1. The van der Waals surface area contributed by atoms with E-state index < -0.39 is 0 Å². The Morgan fingerprint density at radius 2 is 1.82 bits per heavy atom. The van der Waals surface area contributed by atoms with E-state index in [4.69, 9.17) is 0 Å². The van der Waals surface area contributed by atoms with Crippen LogP contribution in [-0.4, -0.2) is 49.8 Å². The molecule has 2 N–H and O–H groups in total. The van der Waals surface area contributed by atoms with Crippen molar-refractivity contribution in [3.05, 3.63) is 0 Å². The molecule has 102 valence electrons. The van der Waals surface area contributed by atoms with Crippen LogP contribution in [-0.2, 0) is 0 Å². The molecule has 0 amide bonds. The van der Waals surface area contributed by atoms with Gasteiger partial charge in [-0.25, -0.2) is 0 Å². The Morgan fingerprint density at radius 1 is 1.24 bits per heavy atom. The second-order valence-corrected chi connectivity index (χ2v) is 5.74. The van der Waals surface area contributed by atoms with E-state index in [2.05, 4.69) is 31.1 Å². The molecular formula is C14H30N2O. The van der Waals surface area contributed by atoms with Gasteiger partial charge in [0.2, 0.25) is 0 Å². The van der Waals surface area contributed by atoms with Crippen LogP contribution in [0.3, 0.4) is 0 Å². The second kappa shape index (κ2) is 7.34. The van der Waals surface area contributed by atoms with E-state index in [9.17, 15) is 5.11 Å². The van der Waals surface area contributed by atoms with Gasteiger partial charge >= 0.3 is 0 Å². The Morgan fingerprint density at radius 3 is 2.29 bits per heavy atom. The Kier molecular flexibility index (Phi) is 6.45. The Bertz CT molecular complexity index is 188. The van der Waals surface area contributed by atoms with Crippen LogP contribution in [0.4, 0.5) is 0 Å². The van der Waals surface area contributed by atoms with Crippen LogP contribution >= 0.6 is 0 Å². The minimum atomic E-state index is 0.103. The lowest BCUT2D eigenvalue weighted by atomic mass is 9.83. The van der Waals surface area contributed by atoms with E-state index in [-0.39, 0.29) is 5.41 Å². The first-order chi connectivity index (χ1) is 8.15. The zero-order valence-electron chi connectivity index (χ0n) is 11.8. The summed E-state index contributed by atoms with van der Waals surface area (Å²) in [5, 5.41) is 13.1. The molecule has 0 aromatic heterocycles. The average molecular weight is 242 g/mol. The summed E-state index contributed by atoms with van der Waals surface area (Å²) in [5.74, 6) is 0.830. The van der Waals surface area contributed by atoms with Gasteiger partial charge in [-0.05, 0) is 58.3 Å². The molecule has 3 nitrogen and oxygen atoms in total. The van der Waals surface area contributed by atoms with Crippen LogP contribution in [0.2, 0.25) is 0 Å². The minimum absolute atomic E-state index is 0.103. The maximum atomic E-state index is 9.50. The van der Waals surface area contributed by atoms with Gasteiger partial charge < -0.3 is 15.3 Å². The molecule has 3 heteroatoms. The molecule has 1 rings (SSSR count). The monoisotopic (exact) mass is 242 g/mol. The van der Waals surface area contributed by atoms with Gasteiger partial charge in [-0.15, -0.1) is 0 Å². The van der Waals surface area contributed by atoms with Gasteiger partial charge in [0.05, 0.1) is 0 Å². The van der Waals surface area contributed by atoms with Gasteiger partial charge in [0.15, 0.2) is 0 Å². The zero-order valence-corrected chi connectivity index (χ0v) is 11.8. The summed E-state index contributed by atoms with van der Waals surface area (Å²) in [7, 11) is 2.20. The van der Waals surface area contributed by atoms with Crippen molar-refractivity contribution in [1.29, 1.82) is 0 Å². The zero-order chi connectivity index (χ0) is 12.7. The molecule has 0 aromatic carbocycles. The van der Waals surface area contributed by atoms with Gasteiger partial charge in [-0.2, -0.15) is 0 Å². The summed E-state index contributed by atoms with van der Waals surface area (Å²) < 4.78 is 0. The third kappa shape index (κ3) is 4.57. The standard InChI is InChI=1S/C14H30N2O/c1-4-14(5-2,12-17)11-15-10-13-6-8-16(3)9-7-13/h13,15,17H,4-12H2,1-3H3. The van der Waals surface area contributed by atoms with Crippen molar-refractivity contribution in [3.8, 4) is 0 Å². The summed E-state index contributed by atoms with van der Waals surface area (Å²) >= 11 is 0. The normalized spacial score (nSPS) is 19.8. The van der Waals surface area contributed by atoms with Crippen LogP contribution in [0.15, 0.2) is 0 Å². The number of rotatable bonds is 7. The van der Waals surface area contributed by atoms with Crippen molar-refractivity contribution in [2.24, 2.45) is 11.3 Å². The molecule has 0 aliphatic carbocycles. The van der Waals surface area contributed by atoms with Crippen LogP contribution in [0.1, 0.15) is 39.5 Å². The molecule has 1 saturated heterocycles. The first-order valence-electron chi connectivity index (χ1n) is 7.16. The number of hydrogen-bond donors (Lipinski definition) is 2. The highest BCUT2D eigenvalue weighted by Gasteiger charge is 2.25. The molecule has 1 aliphatic heterocycles. The first-order valence-corrected chi connectivity index (χ1v) is 7.16. The van der Waals surface area contributed by atoms with E-state index in [1.165, 1.54) is 25.9 Å². The number of likely N-dealkylation sites (tertiary alicyclic amines) is 1. The molecule has 17 heavy (non-hydrogen) atoms. The molecule has 1 heterocycles. The highest BCUT2D eigenvalue weighted by Crippen LogP contribution is 2.24. The SMILES string of the molecule is CCC(CC)(CO)CNCC1CCN(C)CC1. The minimum Gasteiger partial charge on any atom is -0.396 e. The van der Waals surface area contributed by atoms with Crippen molar-refractivity contribution < 1.29 is 5.11 Å². The number of nitrogens with one attached hydrogen (secondary N) is 1. The molecule has 0 aromatic rings. The maximum absolute atomic E-state index is 9.50. The van der Waals surface area contributed by atoms with Gasteiger partial charge in [0.25, 0.3) is 0 Å². The Balaban J connectivity index is 2.22. The van der Waals surface area contributed by atoms with E-state index >= 15 is 0 Å². The lowest BCUT2D eigenvalue weighted by Gasteiger charge is -2.32. The van der Waals surface area contributed by atoms with E-state index in [0.717, 1.165) is 31.8 Å². The van der Waals surface area contributed by atoms with Crippen LogP contribution in [0.25, 0.3) is 0 Å². The molecule has 1 aliphatic rings. The van der Waals surface area contributed by atoms with Gasteiger partial charge in [-0.3, -0.25) is 0 Å². The van der Waals surface area contributed by atoms with Crippen molar-refractivity contribution in [1.82, 2.24) is 10.2 Å². The molecular weight excluding hydrogens is 212 g/mol. The Hall–Kier alpha value is -0.120. The topological polar surface area (TPSA) is 35.5 Å². The fourth-order valence-corrected chi connectivity index (χ4v) is 2.59. The number of nitrogens with zero attached hydrogens (tertiary/aromatic N) is 1. The molecule has 0 bridgehead atoms. The summed E-state index contributed by atoms with van der Waals surface area (Å²) in [6.07, 6.45) is 4.74. The number of piperidine rings is 1.